The van der Waals surface area contributed by atoms with Crippen LogP contribution in [-0.4, -0.2) is 42.5 Å². The third kappa shape index (κ3) is 4.73. The minimum absolute atomic E-state index is 0.264. The molecule has 0 spiro atoms. The van der Waals surface area contributed by atoms with Crippen LogP contribution in [-0.2, 0) is 5.75 Å². The van der Waals surface area contributed by atoms with Crippen molar-refractivity contribution < 1.29 is 9.52 Å². The van der Waals surface area contributed by atoms with Crippen molar-refractivity contribution in [1.82, 2.24) is 4.90 Å². The largest absolute Gasteiger partial charge is 0.468 e. The molecule has 0 saturated heterocycles. The zero-order chi connectivity index (χ0) is 11.3. The lowest BCUT2D eigenvalue weighted by atomic mass is 10.3. The first-order chi connectivity index (χ1) is 7.09. The van der Waals surface area contributed by atoms with Crippen molar-refractivity contribution in [2.75, 3.05) is 26.4 Å². The number of rotatable bonds is 6. The average Bonchev–Trinajstić information content (AvgIpc) is 2.50. The maximum atomic E-state index is 9.62. The number of thioether (sulfide) groups is 1. The van der Waals surface area contributed by atoms with E-state index in [0.29, 0.717) is 6.54 Å². The number of likely N-dealkylation sites (N-methyl/N-ethyl adjacent to an activating group) is 1. The number of hydrogen-bond donors (Lipinski definition) is 1. The summed E-state index contributed by atoms with van der Waals surface area (Å²) >= 11 is 1.70. The van der Waals surface area contributed by atoms with Gasteiger partial charge in [-0.3, -0.25) is 0 Å². The molecule has 0 amide bonds. The van der Waals surface area contributed by atoms with Crippen LogP contribution >= 0.6 is 11.8 Å². The highest BCUT2D eigenvalue weighted by Gasteiger charge is 2.07. The molecule has 15 heavy (non-hydrogen) atoms. The quantitative estimate of drug-likeness (QED) is 0.806. The monoisotopic (exact) mass is 229 g/mol. The van der Waals surface area contributed by atoms with Crippen molar-refractivity contribution >= 4 is 11.8 Å². The van der Waals surface area contributed by atoms with Gasteiger partial charge in [0.2, 0.25) is 0 Å². The lowest BCUT2D eigenvalue weighted by Gasteiger charge is -2.15. The second kappa shape index (κ2) is 6.20. The van der Waals surface area contributed by atoms with Crippen molar-refractivity contribution in [3.8, 4) is 0 Å². The van der Waals surface area contributed by atoms with Crippen LogP contribution < -0.4 is 0 Å². The van der Waals surface area contributed by atoms with Crippen LogP contribution in [0.15, 0.2) is 16.7 Å². The van der Waals surface area contributed by atoms with Crippen molar-refractivity contribution in [2.24, 2.45) is 0 Å². The van der Waals surface area contributed by atoms with Gasteiger partial charge >= 0.3 is 0 Å². The molecule has 1 rings (SSSR count). The molecule has 0 bridgehead atoms. The molecule has 4 heteroatoms. The summed E-state index contributed by atoms with van der Waals surface area (Å²) in [5, 5.41) is 9.62. The topological polar surface area (TPSA) is 36.6 Å². The molecular formula is C11H19NO2S. The van der Waals surface area contributed by atoms with Gasteiger partial charge in [-0.1, -0.05) is 0 Å². The van der Waals surface area contributed by atoms with E-state index >= 15 is 0 Å². The number of aliphatic hydroxyl groups is 1. The minimum Gasteiger partial charge on any atom is -0.468 e. The highest BCUT2D eigenvalue weighted by molar-refractivity contribution is 7.98. The van der Waals surface area contributed by atoms with Gasteiger partial charge in [-0.15, -0.1) is 0 Å². The lowest BCUT2D eigenvalue weighted by Crippen LogP contribution is -2.27. The number of furan rings is 1. The van der Waals surface area contributed by atoms with Crippen LogP contribution in [0.4, 0.5) is 0 Å². The lowest BCUT2D eigenvalue weighted by molar-refractivity contribution is 0.158. The molecule has 0 saturated carbocycles. The minimum atomic E-state index is -0.264. The predicted molar refractivity (Wildman–Crippen MR) is 64.2 cm³/mol. The molecule has 0 radical (unpaired) electrons. The summed E-state index contributed by atoms with van der Waals surface area (Å²) in [4.78, 5) is 1.99. The predicted octanol–water partition coefficient (Wildman–Crippen LogP) is 1.74. The molecule has 1 unspecified atom stereocenters. The molecule has 3 nitrogen and oxygen atoms in total. The highest BCUT2D eigenvalue weighted by Crippen LogP contribution is 2.17. The molecule has 86 valence electrons. The molecule has 0 fully saturated rings. The fourth-order valence-electron chi connectivity index (χ4n) is 1.31. The Balaban J connectivity index is 2.19. The first kappa shape index (κ1) is 12.6. The van der Waals surface area contributed by atoms with Gasteiger partial charge in [0.25, 0.3) is 0 Å². The first-order valence-corrected chi connectivity index (χ1v) is 6.18. The zero-order valence-electron chi connectivity index (χ0n) is 9.56. The second-order valence-corrected chi connectivity index (χ2v) is 4.99. The van der Waals surface area contributed by atoms with Gasteiger partial charge in [0.15, 0.2) is 0 Å². The van der Waals surface area contributed by atoms with E-state index in [2.05, 4.69) is 0 Å². The summed E-state index contributed by atoms with van der Waals surface area (Å²) in [6, 6.07) is 1.96. The molecular weight excluding hydrogens is 210 g/mol. The molecule has 1 N–H and O–H groups in total. The van der Waals surface area contributed by atoms with Crippen LogP contribution in [0.3, 0.4) is 0 Å². The third-order valence-corrected chi connectivity index (χ3v) is 3.17. The van der Waals surface area contributed by atoms with Gasteiger partial charge < -0.3 is 14.4 Å². The Morgan fingerprint density at radius 2 is 2.27 bits per heavy atom. The van der Waals surface area contributed by atoms with Gasteiger partial charge in [0.05, 0.1) is 18.1 Å². The van der Waals surface area contributed by atoms with Crippen LogP contribution in [0.25, 0.3) is 0 Å². The fourth-order valence-corrected chi connectivity index (χ4v) is 2.29. The van der Waals surface area contributed by atoms with Crippen LogP contribution in [0.1, 0.15) is 11.3 Å². The molecule has 1 aromatic heterocycles. The normalized spacial score (nSPS) is 13.4. The van der Waals surface area contributed by atoms with Crippen molar-refractivity contribution in [3.05, 3.63) is 23.7 Å². The van der Waals surface area contributed by atoms with Crippen LogP contribution in [0.2, 0.25) is 0 Å². The Kier molecular flexibility index (Phi) is 5.22. The fraction of sp³-hybridized carbons (Fsp3) is 0.636. The van der Waals surface area contributed by atoms with Gasteiger partial charge in [-0.25, -0.2) is 0 Å². The smallest absolute Gasteiger partial charge is 0.116 e. The zero-order valence-corrected chi connectivity index (χ0v) is 10.4. The summed E-state index contributed by atoms with van der Waals surface area (Å²) in [6.07, 6.45) is 1.45. The summed E-state index contributed by atoms with van der Waals surface area (Å²) in [7, 11) is 3.93. The molecule has 0 aromatic carbocycles. The van der Waals surface area contributed by atoms with Crippen molar-refractivity contribution in [1.29, 1.82) is 0 Å². The Bertz CT molecular complexity index is 286. The number of aryl methyl sites for hydroxylation is 1. The molecule has 0 aliphatic carbocycles. The summed E-state index contributed by atoms with van der Waals surface area (Å²) in [5.74, 6) is 2.60. The summed E-state index contributed by atoms with van der Waals surface area (Å²) in [5.41, 5.74) is 1.18. The second-order valence-electron chi connectivity index (χ2n) is 3.96. The molecule has 1 heterocycles. The maximum Gasteiger partial charge on any atom is 0.116 e. The van der Waals surface area contributed by atoms with E-state index in [4.69, 9.17) is 4.42 Å². The van der Waals surface area contributed by atoms with E-state index in [1.54, 1.807) is 18.0 Å². The van der Waals surface area contributed by atoms with E-state index in [9.17, 15) is 5.11 Å². The number of aliphatic hydroxyl groups excluding tert-OH is 1. The highest BCUT2D eigenvalue weighted by atomic mass is 32.2. The first-order valence-electron chi connectivity index (χ1n) is 5.03. The Labute approximate surface area is 95.5 Å². The van der Waals surface area contributed by atoms with E-state index in [-0.39, 0.29) is 6.10 Å². The van der Waals surface area contributed by atoms with Crippen LogP contribution in [0, 0.1) is 6.92 Å². The molecule has 0 aliphatic heterocycles. The molecule has 1 aromatic rings. The van der Waals surface area contributed by atoms with Crippen molar-refractivity contribution in [2.45, 2.75) is 18.8 Å². The van der Waals surface area contributed by atoms with E-state index in [0.717, 1.165) is 17.3 Å². The Hall–Kier alpha value is -0.450. The molecule has 0 aliphatic rings. The standard InChI is InChI=1S/C11H19NO2S/c1-9-4-5-14-11(9)8-15-7-10(13)6-12(2)3/h4-5,10,13H,6-8H2,1-3H3. The summed E-state index contributed by atoms with van der Waals surface area (Å²) in [6.45, 7) is 2.75. The van der Waals surface area contributed by atoms with Gasteiger partial charge in [-0.05, 0) is 32.6 Å². The van der Waals surface area contributed by atoms with Gasteiger partial charge in [-0.2, -0.15) is 11.8 Å². The number of hydrogen-bond acceptors (Lipinski definition) is 4. The van der Waals surface area contributed by atoms with E-state index in [1.807, 2.05) is 32.0 Å². The Morgan fingerprint density at radius 3 is 2.80 bits per heavy atom. The van der Waals surface area contributed by atoms with E-state index in [1.165, 1.54) is 5.56 Å². The number of nitrogens with zero attached hydrogens (tertiary/aromatic N) is 1. The summed E-state index contributed by atoms with van der Waals surface area (Å²) < 4.78 is 5.31. The third-order valence-electron chi connectivity index (χ3n) is 2.09. The van der Waals surface area contributed by atoms with Gasteiger partial charge in [0.1, 0.15) is 5.76 Å². The maximum absolute atomic E-state index is 9.62. The van der Waals surface area contributed by atoms with Crippen molar-refractivity contribution in [3.63, 3.8) is 0 Å². The van der Waals surface area contributed by atoms with Crippen LogP contribution in [0.5, 0.6) is 0 Å². The van der Waals surface area contributed by atoms with E-state index < -0.39 is 0 Å². The SMILES string of the molecule is Cc1ccoc1CSCC(O)CN(C)C. The van der Waals surface area contributed by atoms with Gasteiger partial charge in [0, 0.05) is 12.3 Å². The molecule has 1 atom stereocenters. The average molecular weight is 229 g/mol. The Morgan fingerprint density at radius 1 is 1.53 bits per heavy atom.